The van der Waals surface area contributed by atoms with E-state index >= 15 is 0 Å². The summed E-state index contributed by atoms with van der Waals surface area (Å²) >= 11 is 0.933. The summed E-state index contributed by atoms with van der Waals surface area (Å²) in [4.78, 5) is 3.89. The van der Waals surface area contributed by atoms with E-state index in [9.17, 15) is 12.8 Å². The Morgan fingerprint density at radius 3 is 2.55 bits per heavy atom. The van der Waals surface area contributed by atoms with Crippen LogP contribution in [0.5, 0.6) is 0 Å². The van der Waals surface area contributed by atoms with Gasteiger partial charge in [-0.3, -0.25) is 4.72 Å². The van der Waals surface area contributed by atoms with Crippen molar-refractivity contribution in [1.82, 2.24) is 9.36 Å². The van der Waals surface area contributed by atoms with Crippen LogP contribution < -0.4 is 10.5 Å². The number of aromatic nitrogens is 2. The van der Waals surface area contributed by atoms with Gasteiger partial charge in [0, 0.05) is 11.5 Å². The molecule has 0 aliphatic rings. The maximum absolute atomic E-state index is 13.5. The molecular formula is C11H13FN4O2S2. The molecule has 1 aromatic heterocycles. The summed E-state index contributed by atoms with van der Waals surface area (Å²) in [6.07, 6.45) is 0. The Bertz CT molecular complexity index is 771. The first-order chi connectivity index (χ1) is 9.22. The summed E-state index contributed by atoms with van der Waals surface area (Å²) in [6.45, 7) is 4.63. The van der Waals surface area contributed by atoms with Crippen LogP contribution in [0.15, 0.2) is 11.0 Å². The Labute approximate surface area is 120 Å². The highest BCUT2D eigenvalue weighted by molar-refractivity contribution is 7.93. The largest absolute Gasteiger partial charge is 0.396 e. The van der Waals surface area contributed by atoms with Gasteiger partial charge < -0.3 is 5.73 Å². The number of nitrogens with zero attached hydrogens (tertiary/aromatic N) is 2. The summed E-state index contributed by atoms with van der Waals surface area (Å²) in [5.41, 5.74) is 5.83. The van der Waals surface area contributed by atoms with Crippen LogP contribution in [0.4, 0.5) is 15.2 Å². The standard InChI is InChI=1S/C11H13FN4O2S2/c1-5-4-8(12)9(13)6(2)10(5)20(17,18)16-11-14-7(3)15-19-11/h4H,13H2,1-3H3,(H,14,15,16). The Balaban J connectivity index is 2.52. The smallest absolute Gasteiger partial charge is 0.264 e. The molecule has 0 atom stereocenters. The van der Waals surface area contributed by atoms with Gasteiger partial charge in [0.25, 0.3) is 10.0 Å². The molecule has 9 heteroatoms. The number of rotatable bonds is 3. The zero-order valence-corrected chi connectivity index (χ0v) is 12.7. The van der Waals surface area contributed by atoms with Crippen LogP contribution in [0.1, 0.15) is 17.0 Å². The molecule has 0 unspecified atom stereocenters. The summed E-state index contributed by atoms with van der Waals surface area (Å²) in [5.74, 6) is -0.162. The predicted octanol–water partition coefficient (Wildman–Crippen LogP) is 1.99. The maximum Gasteiger partial charge on any atom is 0.264 e. The molecule has 0 saturated heterocycles. The molecule has 0 amide bonds. The fourth-order valence-electron chi connectivity index (χ4n) is 1.85. The lowest BCUT2D eigenvalue weighted by atomic mass is 10.1. The molecule has 6 nitrogen and oxygen atoms in total. The zero-order chi connectivity index (χ0) is 15.1. The second-order valence-electron chi connectivity index (χ2n) is 4.30. The Morgan fingerprint density at radius 1 is 1.35 bits per heavy atom. The number of nitrogen functional groups attached to an aromatic ring is 1. The number of sulfonamides is 1. The Kier molecular flexibility index (Phi) is 3.65. The number of hydrogen-bond donors (Lipinski definition) is 2. The summed E-state index contributed by atoms with van der Waals surface area (Å²) < 4.78 is 44.4. The van der Waals surface area contributed by atoms with Gasteiger partial charge in [-0.2, -0.15) is 4.37 Å². The number of anilines is 2. The fraction of sp³-hybridized carbons (Fsp3) is 0.273. The van der Waals surface area contributed by atoms with Crippen molar-refractivity contribution in [1.29, 1.82) is 0 Å². The number of nitrogens with one attached hydrogen (secondary N) is 1. The van der Waals surface area contributed by atoms with Crippen LogP contribution in [0.3, 0.4) is 0 Å². The number of halogens is 1. The third-order valence-corrected chi connectivity index (χ3v) is 5.20. The molecule has 0 aliphatic carbocycles. The molecule has 0 radical (unpaired) electrons. The molecule has 0 aliphatic heterocycles. The average Bonchev–Trinajstić information content (AvgIpc) is 2.70. The molecule has 1 aromatic carbocycles. The first kappa shape index (κ1) is 14.7. The van der Waals surface area contributed by atoms with Gasteiger partial charge in [-0.25, -0.2) is 17.8 Å². The van der Waals surface area contributed by atoms with Crippen molar-refractivity contribution in [3.05, 3.63) is 28.8 Å². The summed E-state index contributed by atoms with van der Waals surface area (Å²) in [6, 6.07) is 1.10. The van der Waals surface area contributed by atoms with Crippen LogP contribution in [0.2, 0.25) is 0 Å². The van der Waals surface area contributed by atoms with Gasteiger partial charge in [0.1, 0.15) is 11.6 Å². The summed E-state index contributed by atoms with van der Waals surface area (Å²) in [5, 5.41) is 0.157. The lowest BCUT2D eigenvalue weighted by molar-refractivity contribution is 0.598. The highest BCUT2D eigenvalue weighted by Gasteiger charge is 2.24. The molecule has 2 aromatic rings. The van der Waals surface area contributed by atoms with Crippen LogP contribution in [0.25, 0.3) is 0 Å². The highest BCUT2D eigenvalue weighted by Crippen LogP contribution is 2.29. The molecule has 2 rings (SSSR count). The highest BCUT2D eigenvalue weighted by atomic mass is 32.2. The van der Waals surface area contributed by atoms with E-state index in [1.807, 2.05) is 0 Å². The van der Waals surface area contributed by atoms with Crippen molar-refractivity contribution in [3.63, 3.8) is 0 Å². The van der Waals surface area contributed by atoms with Gasteiger partial charge in [0.2, 0.25) is 5.13 Å². The minimum absolute atomic E-state index is 0.0377. The van der Waals surface area contributed by atoms with Gasteiger partial charge in [0.15, 0.2) is 0 Å². The molecule has 0 spiro atoms. The lowest BCUT2D eigenvalue weighted by Gasteiger charge is -2.13. The van der Waals surface area contributed by atoms with Crippen molar-refractivity contribution in [2.24, 2.45) is 0 Å². The maximum atomic E-state index is 13.5. The normalized spacial score (nSPS) is 11.6. The van der Waals surface area contributed by atoms with E-state index in [1.54, 1.807) is 6.92 Å². The van der Waals surface area contributed by atoms with Crippen molar-refractivity contribution in [3.8, 4) is 0 Å². The van der Waals surface area contributed by atoms with Crippen molar-refractivity contribution in [2.75, 3.05) is 10.5 Å². The number of benzene rings is 1. The second kappa shape index (κ2) is 4.98. The first-order valence-corrected chi connectivity index (χ1v) is 7.86. The Morgan fingerprint density at radius 2 is 2.00 bits per heavy atom. The average molecular weight is 316 g/mol. The van der Waals surface area contributed by atoms with Gasteiger partial charge >= 0.3 is 0 Å². The van der Waals surface area contributed by atoms with E-state index in [4.69, 9.17) is 5.73 Å². The van der Waals surface area contributed by atoms with Gasteiger partial charge in [-0.05, 0) is 38.0 Å². The summed E-state index contributed by atoms with van der Waals surface area (Å²) in [7, 11) is -3.89. The molecule has 1 heterocycles. The molecule has 3 N–H and O–H groups in total. The topological polar surface area (TPSA) is 98.0 Å². The monoisotopic (exact) mass is 316 g/mol. The minimum Gasteiger partial charge on any atom is -0.396 e. The minimum atomic E-state index is -3.89. The van der Waals surface area contributed by atoms with Gasteiger partial charge in [-0.15, -0.1) is 0 Å². The number of aryl methyl sites for hydroxylation is 2. The van der Waals surface area contributed by atoms with E-state index in [0.717, 1.165) is 17.6 Å². The molecule has 0 bridgehead atoms. The number of nitrogens with two attached hydrogens (primary N) is 1. The molecule has 20 heavy (non-hydrogen) atoms. The zero-order valence-electron chi connectivity index (χ0n) is 11.1. The second-order valence-corrected chi connectivity index (χ2v) is 6.67. The van der Waals surface area contributed by atoms with E-state index in [-0.39, 0.29) is 26.8 Å². The molecule has 108 valence electrons. The Hall–Kier alpha value is -1.74. The predicted molar refractivity (Wildman–Crippen MR) is 75.7 cm³/mol. The molecule has 0 saturated carbocycles. The van der Waals surface area contributed by atoms with Crippen molar-refractivity contribution < 1.29 is 12.8 Å². The van der Waals surface area contributed by atoms with Crippen LogP contribution in [-0.4, -0.2) is 17.8 Å². The first-order valence-electron chi connectivity index (χ1n) is 5.60. The van der Waals surface area contributed by atoms with E-state index in [2.05, 4.69) is 14.1 Å². The lowest BCUT2D eigenvalue weighted by Crippen LogP contribution is -2.17. The number of hydrogen-bond acceptors (Lipinski definition) is 6. The van der Waals surface area contributed by atoms with Crippen LogP contribution in [-0.2, 0) is 10.0 Å². The third-order valence-electron chi connectivity index (χ3n) is 2.72. The van der Waals surface area contributed by atoms with E-state index in [1.165, 1.54) is 13.8 Å². The third kappa shape index (κ3) is 2.59. The van der Waals surface area contributed by atoms with Gasteiger partial charge in [0.05, 0.1) is 10.6 Å². The van der Waals surface area contributed by atoms with Gasteiger partial charge in [-0.1, -0.05) is 0 Å². The van der Waals surface area contributed by atoms with Crippen LogP contribution in [0, 0.1) is 26.6 Å². The fourth-order valence-corrected chi connectivity index (χ4v) is 4.13. The molecule has 0 fully saturated rings. The quantitative estimate of drug-likeness (QED) is 0.844. The van der Waals surface area contributed by atoms with Crippen LogP contribution >= 0.6 is 11.5 Å². The van der Waals surface area contributed by atoms with E-state index in [0.29, 0.717) is 5.82 Å². The van der Waals surface area contributed by atoms with Crippen molar-refractivity contribution >= 4 is 32.4 Å². The SMILES string of the molecule is Cc1nsc(NS(=O)(=O)c2c(C)cc(F)c(N)c2C)n1. The van der Waals surface area contributed by atoms with Crippen molar-refractivity contribution in [2.45, 2.75) is 25.7 Å². The molecular weight excluding hydrogens is 303 g/mol. The van der Waals surface area contributed by atoms with E-state index < -0.39 is 15.8 Å².